The van der Waals surface area contributed by atoms with Crippen LogP contribution in [0.5, 0.6) is 5.75 Å². The van der Waals surface area contributed by atoms with Crippen LogP contribution in [0.2, 0.25) is 5.02 Å². The first-order valence-corrected chi connectivity index (χ1v) is 10.3. The molecule has 4 rings (SSSR count). The maximum Gasteiger partial charge on any atom is 0.258 e. The van der Waals surface area contributed by atoms with Crippen LogP contribution in [0.1, 0.15) is 28.8 Å². The molecule has 1 aromatic heterocycles. The van der Waals surface area contributed by atoms with Crippen molar-refractivity contribution in [1.29, 1.82) is 0 Å². The molecule has 0 saturated heterocycles. The number of rotatable bonds is 5. The van der Waals surface area contributed by atoms with E-state index >= 15 is 0 Å². The van der Waals surface area contributed by atoms with Crippen molar-refractivity contribution >= 4 is 28.8 Å². The van der Waals surface area contributed by atoms with Crippen molar-refractivity contribution in [2.45, 2.75) is 24.7 Å². The van der Waals surface area contributed by atoms with Gasteiger partial charge < -0.3 is 9.30 Å². The van der Waals surface area contributed by atoms with Crippen molar-refractivity contribution in [2.24, 2.45) is 12.0 Å². The summed E-state index contributed by atoms with van der Waals surface area (Å²) in [5.41, 5.74) is 1.60. The van der Waals surface area contributed by atoms with Gasteiger partial charge in [-0.05, 0) is 42.2 Å². The second-order valence-electron chi connectivity index (χ2n) is 7.09. The van der Waals surface area contributed by atoms with Crippen LogP contribution in [0.4, 0.5) is 0 Å². The maximum atomic E-state index is 13.0. The van der Waals surface area contributed by atoms with E-state index in [0.29, 0.717) is 4.80 Å². The Bertz CT molecular complexity index is 1080. The molecule has 2 aromatic carbocycles. The third kappa shape index (κ3) is 3.64. The number of methoxy groups -OCH3 is 1. The summed E-state index contributed by atoms with van der Waals surface area (Å²) in [5.74, 6) is 0.720. The Morgan fingerprint density at radius 1 is 1.21 bits per heavy atom. The molecule has 0 atom stereocenters. The van der Waals surface area contributed by atoms with Crippen molar-refractivity contribution in [3.8, 4) is 5.75 Å². The van der Waals surface area contributed by atoms with E-state index in [1.165, 1.54) is 11.3 Å². The molecule has 1 aliphatic rings. The van der Waals surface area contributed by atoms with E-state index in [9.17, 15) is 4.79 Å². The lowest BCUT2D eigenvalue weighted by Gasteiger charge is -2.11. The molecule has 1 aliphatic carbocycles. The lowest BCUT2D eigenvalue weighted by atomic mass is 9.95. The highest BCUT2D eigenvalue weighted by molar-refractivity contribution is 7.09. The largest absolute Gasteiger partial charge is 0.497 e. The monoisotopic (exact) mass is 412 g/mol. The number of ether oxygens (including phenoxy) is 1. The summed E-state index contributed by atoms with van der Waals surface area (Å²) >= 11 is 7.81. The summed E-state index contributed by atoms with van der Waals surface area (Å²) < 4.78 is 7.13. The third-order valence-corrected chi connectivity index (χ3v) is 6.63. The summed E-state index contributed by atoms with van der Waals surface area (Å²) in [6.07, 6.45) is 4.42. The van der Waals surface area contributed by atoms with Gasteiger partial charge in [-0.1, -0.05) is 41.9 Å². The molecule has 1 amide bonds. The zero-order valence-electron chi connectivity index (χ0n) is 15.8. The molecule has 0 spiro atoms. The molecule has 4 nitrogen and oxygen atoms in total. The fraction of sp³-hybridized carbons (Fsp3) is 0.273. The number of hydrogen-bond donors (Lipinski definition) is 0. The van der Waals surface area contributed by atoms with Gasteiger partial charge in [0.05, 0.1) is 12.5 Å². The molecule has 1 heterocycles. The van der Waals surface area contributed by atoms with Crippen LogP contribution in [0, 0.1) is 0 Å². The molecule has 0 N–H and O–H groups in total. The first kappa shape index (κ1) is 19.0. The minimum absolute atomic E-state index is 0.0700. The van der Waals surface area contributed by atoms with Crippen LogP contribution in [0.15, 0.2) is 59.7 Å². The standard InChI is InChI=1S/C22H21ClN2O2S/c1-25-14-18(13-15-5-3-4-6-19(15)23)28-21(25)24-20(26)22(11-12-22)16-7-9-17(27-2)10-8-16/h3-10,14H,11-13H2,1-2H3. The fourth-order valence-corrected chi connectivity index (χ4v) is 4.56. The topological polar surface area (TPSA) is 43.6 Å². The number of benzene rings is 2. The van der Waals surface area contributed by atoms with E-state index < -0.39 is 5.41 Å². The van der Waals surface area contributed by atoms with E-state index in [-0.39, 0.29) is 5.91 Å². The second-order valence-corrected chi connectivity index (χ2v) is 8.59. The molecule has 0 unspecified atom stereocenters. The molecule has 3 aromatic rings. The van der Waals surface area contributed by atoms with Gasteiger partial charge >= 0.3 is 0 Å². The average Bonchev–Trinajstić information content (AvgIpc) is 3.44. The number of carbonyl (C=O) groups is 1. The zero-order chi connectivity index (χ0) is 19.7. The molecule has 0 radical (unpaired) electrons. The normalized spacial score (nSPS) is 15.5. The lowest BCUT2D eigenvalue weighted by Crippen LogP contribution is -2.22. The number of aryl methyl sites for hydroxylation is 1. The first-order valence-electron chi connectivity index (χ1n) is 9.14. The number of nitrogens with zero attached hydrogens (tertiary/aromatic N) is 2. The quantitative estimate of drug-likeness (QED) is 0.619. The number of hydrogen-bond acceptors (Lipinski definition) is 3. The zero-order valence-corrected chi connectivity index (χ0v) is 17.4. The Morgan fingerprint density at radius 3 is 2.57 bits per heavy atom. The van der Waals surface area contributed by atoms with Gasteiger partial charge in [-0.15, -0.1) is 11.3 Å². The van der Waals surface area contributed by atoms with Crippen LogP contribution in [-0.2, 0) is 23.7 Å². The predicted octanol–water partition coefficient (Wildman–Crippen LogP) is 4.50. The minimum Gasteiger partial charge on any atom is -0.497 e. The van der Waals surface area contributed by atoms with Gasteiger partial charge in [-0.25, -0.2) is 0 Å². The highest BCUT2D eigenvalue weighted by Crippen LogP contribution is 2.49. The Morgan fingerprint density at radius 2 is 1.93 bits per heavy atom. The lowest BCUT2D eigenvalue weighted by molar-refractivity contribution is -0.120. The number of aromatic nitrogens is 1. The molecular formula is C22H21ClN2O2S. The van der Waals surface area contributed by atoms with Crippen LogP contribution < -0.4 is 9.54 Å². The molecular weight excluding hydrogens is 392 g/mol. The number of halogens is 1. The van der Waals surface area contributed by atoms with Crippen LogP contribution in [-0.4, -0.2) is 17.6 Å². The summed E-state index contributed by atoms with van der Waals surface area (Å²) in [6, 6.07) is 15.6. The summed E-state index contributed by atoms with van der Waals surface area (Å²) in [5, 5.41) is 0.754. The molecule has 144 valence electrons. The second kappa shape index (κ2) is 7.57. The van der Waals surface area contributed by atoms with Gasteiger partial charge in [0, 0.05) is 29.6 Å². The molecule has 28 heavy (non-hydrogen) atoms. The molecule has 0 bridgehead atoms. The van der Waals surface area contributed by atoms with Crippen molar-refractivity contribution in [3.63, 3.8) is 0 Å². The first-order chi connectivity index (χ1) is 13.5. The molecule has 1 saturated carbocycles. The van der Waals surface area contributed by atoms with Crippen LogP contribution in [0.25, 0.3) is 0 Å². The van der Waals surface area contributed by atoms with Gasteiger partial charge in [0.25, 0.3) is 5.91 Å². The van der Waals surface area contributed by atoms with Crippen LogP contribution in [0.3, 0.4) is 0 Å². The Balaban J connectivity index is 1.59. The van der Waals surface area contributed by atoms with Crippen molar-refractivity contribution in [2.75, 3.05) is 7.11 Å². The van der Waals surface area contributed by atoms with Crippen molar-refractivity contribution in [1.82, 2.24) is 4.57 Å². The third-order valence-electron chi connectivity index (χ3n) is 5.18. The highest BCUT2D eigenvalue weighted by atomic mass is 35.5. The number of carbonyl (C=O) groups excluding carboxylic acids is 1. The number of thiazole rings is 1. The highest BCUT2D eigenvalue weighted by Gasteiger charge is 2.51. The van der Waals surface area contributed by atoms with Crippen LogP contribution >= 0.6 is 22.9 Å². The van der Waals surface area contributed by atoms with Gasteiger partial charge in [-0.2, -0.15) is 4.99 Å². The van der Waals surface area contributed by atoms with Gasteiger partial charge in [0.1, 0.15) is 5.75 Å². The van der Waals surface area contributed by atoms with Crippen molar-refractivity contribution < 1.29 is 9.53 Å². The maximum absolute atomic E-state index is 13.0. The molecule has 0 aliphatic heterocycles. The number of amides is 1. The Kier molecular flexibility index (Phi) is 5.13. The minimum atomic E-state index is -0.480. The van der Waals surface area contributed by atoms with E-state index in [2.05, 4.69) is 4.99 Å². The summed E-state index contributed by atoms with van der Waals surface area (Å²) in [6.45, 7) is 0. The van der Waals surface area contributed by atoms with E-state index in [1.54, 1.807) is 7.11 Å². The predicted molar refractivity (Wildman–Crippen MR) is 112 cm³/mol. The SMILES string of the molecule is COc1ccc(C2(C(=O)N=c3sc(Cc4ccccc4Cl)cn3C)CC2)cc1. The van der Waals surface area contributed by atoms with Gasteiger partial charge in [-0.3, -0.25) is 4.79 Å². The molecule has 1 fully saturated rings. The smallest absolute Gasteiger partial charge is 0.258 e. The van der Waals surface area contributed by atoms with E-state index in [0.717, 1.165) is 46.0 Å². The van der Waals surface area contributed by atoms with Gasteiger partial charge in [0.2, 0.25) is 0 Å². The Hall–Kier alpha value is -2.37. The average molecular weight is 413 g/mol. The molecule has 6 heteroatoms. The van der Waals surface area contributed by atoms with Gasteiger partial charge in [0.15, 0.2) is 4.80 Å². The Labute approximate surface area is 173 Å². The van der Waals surface area contributed by atoms with E-state index in [4.69, 9.17) is 16.3 Å². The van der Waals surface area contributed by atoms with Crippen molar-refractivity contribution in [3.05, 3.63) is 80.6 Å². The summed E-state index contributed by atoms with van der Waals surface area (Å²) in [4.78, 5) is 19.3. The van der Waals surface area contributed by atoms with E-state index in [1.807, 2.05) is 66.3 Å². The fourth-order valence-electron chi connectivity index (χ4n) is 3.35. The summed E-state index contributed by atoms with van der Waals surface area (Å²) in [7, 11) is 3.56.